The molecular weight excluding hydrogens is 233 g/mol. The average Bonchev–Trinajstić information content (AvgIpc) is 2.37. The quantitative estimate of drug-likeness (QED) is 0.865. The minimum atomic E-state index is -0.321. The standard InChI is InChI=1S/C13H18FN3O/c1-10(8-15)16-5-6-17(13(18)9-16)12-4-2-3-11(14)7-12/h2-4,7,10H,5-6,8-9,15H2,1H3. The number of carbonyl (C=O) groups is 1. The highest BCUT2D eigenvalue weighted by molar-refractivity contribution is 5.95. The van der Waals surface area contributed by atoms with Gasteiger partial charge in [0.1, 0.15) is 5.82 Å². The van der Waals surface area contributed by atoms with Crippen LogP contribution in [0.2, 0.25) is 0 Å². The maximum atomic E-state index is 13.1. The highest BCUT2D eigenvalue weighted by Gasteiger charge is 2.27. The van der Waals surface area contributed by atoms with E-state index in [2.05, 4.69) is 4.90 Å². The van der Waals surface area contributed by atoms with Gasteiger partial charge in [-0.2, -0.15) is 0 Å². The Morgan fingerprint density at radius 3 is 2.83 bits per heavy atom. The molecule has 0 aliphatic carbocycles. The summed E-state index contributed by atoms with van der Waals surface area (Å²) in [5.74, 6) is -0.329. The number of benzene rings is 1. The number of rotatable bonds is 3. The number of hydrogen-bond acceptors (Lipinski definition) is 3. The summed E-state index contributed by atoms with van der Waals surface area (Å²) in [6.07, 6.45) is 0. The van der Waals surface area contributed by atoms with Crippen LogP contribution in [0.5, 0.6) is 0 Å². The molecule has 1 unspecified atom stereocenters. The molecule has 0 radical (unpaired) electrons. The number of carbonyl (C=O) groups excluding carboxylic acids is 1. The van der Waals surface area contributed by atoms with Gasteiger partial charge in [-0.1, -0.05) is 6.07 Å². The van der Waals surface area contributed by atoms with Crippen LogP contribution in [-0.4, -0.2) is 43.0 Å². The predicted molar refractivity (Wildman–Crippen MR) is 68.8 cm³/mol. The van der Waals surface area contributed by atoms with Crippen molar-refractivity contribution in [2.45, 2.75) is 13.0 Å². The Labute approximate surface area is 106 Å². The van der Waals surface area contributed by atoms with Gasteiger partial charge in [0.2, 0.25) is 5.91 Å². The smallest absolute Gasteiger partial charge is 0.241 e. The predicted octanol–water partition coefficient (Wildman–Crippen LogP) is 0.821. The van der Waals surface area contributed by atoms with Crippen LogP contribution < -0.4 is 10.6 Å². The number of anilines is 1. The van der Waals surface area contributed by atoms with Gasteiger partial charge in [0.05, 0.1) is 6.54 Å². The lowest BCUT2D eigenvalue weighted by molar-refractivity contribution is -0.121. The Balaban J connectivity index is 2.08. The molecule has 0 aromatic heterocycles. The first-order chi connectivity index (χ1) is 8.61. The maximum absolute atomic E-state index is 13.1. The van der Waals surface area contributed by atoms with Crippen molar-refractivity contribution in [2.24, 2.45) is 5.73 Å². The van der Waals surface area contributed by atoms with Gasteiger partial charge in [-0.15, -0.1) is 0 Å². The summed E-state index contributed by atoms with van der Waals surface area (Å²) >= 11 is 0. The summed E-state index contributed by atoms with van der Waals surface area (Å²) in [5, 5.41) is 0. The van der Waals surface area contributed by atoms with Crippen LogP contribution in [0.3, 0.4) is 0 Å². The van der Waals surface area contributed by atoms with Crippen LogP contribution in [0.15, 0.2) is 24.3 Å². The normalized spacial score (nSPS) is 19.1. The number of nitrogens with zero attached hydrogens (tertiary/aromatic N) is 2. The van der Waals surface area contributed by atoms with E-state index in [1.54, 1.807) is 17.0 Å². The van der Waals surface area contributed by atoms with Crippen LogP contribution in [0.25, 0.3) is 0 Å². The van der Waals surface area contributed by atoms with E-state index in [-0.39, 0.29) is 17.8 Å². The number of amides is 1. The summed E-state index contributed by atoms with van der Waals surface area (Å²) in [6, 6.07) is 6.33. The molecule has 18 heavy (non-hydrogen) atoms. The SMILES string of the molecule is CC(CN)N1CCN(c2cccc(F)c2)C(=O)C1. The average molecular weight is 251 g/mol. The van der Waals surface area contributed by atoms with Crippen molar-refractivity contribution in [1.82, 2.24) is 4.90 Å². The number of nitrogens with two attached hydrogens (primary N) is 1. The Morgan fingerprint density at radius 2 is 2.22 bits per heavy atom. The molecule has 5 heteroatoms. The summed E-state index contributed by atoms with van der Waals surface area (Å²) < 4.78 is 13.1. The van der Waals surface area contributed by atoms with Gasteiger partial charge < -0.3 is 10.6 Å². The molecule has 4 nitrogen and oxygen atoms in total. The third-order valence-corrected chi connectivity index (χ3v) is 3.33. The molecule has 2 rings (SSSR count). The van der Waals surface area contributed by atoms with Crippen molar-refractivity contribution in [2.75, 3.05) is 31.1 Å². The number of piperazine rings is 1. The highest BCUT2D eigenvalue weighted by Crippen LogP contribution is 2.18. The zero-order chi connectivity index (χ0) is 13.1. The van der Waals surface area contributed by atoms with Crippen LogP contribution in [-0.2, 0) is 4.79 Å². The zero-order valence-electron chi connectivity index (χ0n) is 10.5. The Morgan fingerprint density at radius 1 is 1.44 bits per heavy atom. The van der Waals surface area contributed by atoms with Crippen molar-refractivity contribution >= 4 is 11.6 Å². The molecule has 0 bridgehead atoms. The third kappa shape index (κ3) is 2.68. The molecule has 1 aliphatic rings. The summed E-state index contributed by atoms with van der Waals surface area (Å²) in [5.41, 5.74) is 6.22. The van der Waals surface area contributed by atoms with Crippen molar-refractivity contribution in [3.8, 4) is 0 Å². The van der Waals surface area contributed by atoms with Gasteiger partial charge in [-0.3, -0.25) is 9.69 Å². The molecule has 1 amide bonds. The molecular formula is C13H18FN3O. The number of hydrogen-bond donors (Lipinski definition) is 1. The third-order valence-electron chi connectivity index (χ3n) is 3.33. The Kier molecular flexibility index (Phi) is 3.93. The zero-order valence-corrected chi connectivity index (χ0v) is 10.5. The molecule has 1 aromatic carbocycles. The summed E-state index contributed by atoms with van der Waals surface area (Å²) in [7, 11) is 0. The monoisotopic (exact) mass is 251 g/mol. The van der Waals surface area contributed by atoms with E-state index >= 15 is 0 Å². The summed E-state index contributed by atoms with van der Waals surface area (Å²) in [6.45, 7) is 4.22. The second-order valence-electron chi connectivity index (χ2n) is 4.58. The Hall–Kier alpha value is -1.46. The topological polar surface area (TPSA) is 49.6 Å². The van der Waals surface area contributed by atoms with E-state index in [0.29, 0.717) is 25.3 Å². The molecule has 2 N–H and O–H groups in total. The molecule has 1 atom stereocenters. The van der Waals surface area contributed by atoms with Gasteiger partial charge in [-0.25, -0.2) is 4.39 Å². The van der Waals surface area contributed by atoms with Crippen LogP contribution in [0.1, 0.15) is 6.92 Å². The minimum Gasteiger partial charge on any atom is -0.329 e. The molecule has 0 saturated carbocycles. The van der Waals surface area contributed by atoms with Crippen LogP contribution in [0.4, 0.5) is 10.1 Å². The van der Waals surface area contributed by atoms with Crippen molar-refractivity contribution in [1.29, 1.82) is 0 Å². The lowest BCUT2D eigenvalue weighted by atomic mass is 10.2. The molecule has 1 aromatic rings. The van der Waals surface area contributed by atoms with Gasteiger partial charge in [0, 0.05) is 31.4 Å². The first kappa shape index (κ1) is 13.0. The fraction of sp³-hybridized carbons (Fsp3) is 0.462. The molecule has 0 spiro atoms. The molecule has 1 saturated heterocycles. The lowest BCUT2D eigenvalue weighted by Crippen LogP contribution is -2.54. The van der Waals surface area contributed by atoms with Crippen molar-refractivity contribution < 1.29 is 9.18 Å². The van der Waals surface area contributed by atoms with E-state index < -0.39 is 0 Å². The first-order valence-corrected chi connectivity index (χ1v) is 6.12. The van der Waals surface area contributed by atoms with Gasteiger partial charge >= 0.3 is 0 Å². The van der Waals surface area contributed by atoms with Crippen LogP contribution >= 0.6 is 0 Å². The second-order valence-corrected chi connectivity index (χ2v) is 4.58. The molecule has 1 heterocycles. The number of halogens is 1. The molecule has 98 valence electrons. The van der Waals surface area contributed by atoms with E-state index in [1.807, 2.05) is 6.92 Å². The summed E-state index contributed by atoms with van der Waals surface area (Å²) in [4.78, 5) is 15.7. The lowest BCUT2D eigenvalue weighted by Gasteiger charge is -2.37. The fourth-order valence-electron chi connectivity index (χ4n) is 2.13. The van der Waals surface area contributed by atoms with Crippen molar-refractivity contribution in [3.05, 3.63) is 30.1 Å². The minimum absolute atomic E-state index is 0.00727. The van der Waals surface area contributed by atoms with E-state index in [4.69, 9.17) is 5.73 Å². The highest BCUT2D eigenvalue weighted by atomic mass is 19.1. The van der Waals surface area contributed by atoms with E-state index in [1.165, 1.54) is 12.1 Å². The first-order valence-electron chi connectivity index (χ1n) is 6.12. The fourth-order valence-corrected chi connectivity index (χ4v) is 2.13. The van der Waals surface area contributed by atoms with Crippen molar-refractivity contribution in [3.63, 3.8) is 0 Å². The van der Waals surface area contributed by atoms with Gasteiger partial charge in [-0.05, 0) is 25.1 Å². The van der Waals surface area contributed by atoms with Gasteiger partial charge in [0.15, 0.2) is 0 Å². The maximum Gasteiger partial charge on any atom is 0.241 e. The van der Waals surface area contributed by atoms with E-state index in [0.717, 1.165) is 6.54 Å². The molecule has 1 fully saturated rings. The molecule has 1 aliphatic heterocycles. The second kappa shape index (κ2) is 5.46. The van der Waals surface area contributed by atoms with Crippen LogP contribution in [0, 0.1) is 5.82 Å². The largest absolute Gasteiger partial charge is 0.329 e. The van der Waals surface area contributed by atoms with E-state index in [9.17, 15) is 9.18 Å². The Bertz CT molecular complexity index is 438. The van der Waals surface area contributed by atoms with Gasteiger partial charge in [0.25, 0.3) is 0 Å².